The molecule has 20 heavy (non-hydrogen) atoms. The van der Waals surface area contributed by atoms with E-state index in [9.17, 15) is 0 Å². The van der Waals surface area contributed by atoms with E-state index < -0.39 is 0 Å². The molecule has 0 saturated heterocycles. The molecule has 0 spiro atoms. The van der Waals surface area contributed by atoms with Gasteiger partial charge in [-0.3, -0.25) is 9.97 Å². The number of aromatic nitrogens is 2. The van der Waals surface area contributed by atoms with Crippen LogP contribution in [0.5, 0.6) is 0 Å². The van der Waals surface area contributed by atoms with Crippen molar-refractivity contribution in [2.24, 2.45) is 0 Å². The second-order valence-electron chi connectivity index (χ2n) is 4.77. The molecular formula is C18H20N2. The van der Waals surface area contributed by atoms with Gasteiger partial charge in [-0.1, -0.05) is 27.0 Å². The number of hydrogen-bond donors (Lipinski definition) is 0. The minimum absolute atomic E-state index is 0.878. The molecule has 2 aromatic rings. The SMILES string of the molecule is C=C(CC)c1ccnc(-c2cc(C(=C)CC)ccn2)c1. The fourth-order valence-corrected chi connectivity index (χ4v) is 1.99. The highest BCUT2D eigenvalue weighted by molar-refractivity contribution is 5.70. The van der Waals surface area contributed by atoms with Gasteiger partial charge in [0.05, 0.1) is 11.4 Å². The fourth-order valence-electron chi connectivity index (χ4n) is 1.99. The van der Waals surface area contributed by atoms with E-state index in [1.165, 1.54) is 0 Å². The Balaban J connectivity index is 2.41. The Morgan fingerprint density at radius 2 is 1.25 bits per heavy atom. The summed E-state index contributed by atoms with van der Waals surface area (Å²) >= 11 is 0. The molecule has 2 rings (SSSR count). The Hall–Kier alpha value is -2.22. The van der Waals surface area contributed by atoms with Crippen LogP contribution in [-0.4, -0.2) is 9.97 Å². The number of nitrogens with zero attached hydrogens (tertiary/aromatic N) is 2. The van der Waals surface area contributed by atoms with Crippen molar-refractivity contribution in [2.45, 2.75) is 26.7 Å². The summed E-state index contributed by atoms with van der Waals surface area (Å²) in [5, 5.41) is 0. The minimum Gasteiger partial charge on any atom is -0.255 e. The molecule has 0 atom stereocenters. The van der Waals surface area contributed by atoms with Crippen LogP contribution in [0.1, 0.15) is 37.8 Å². The summed E-state index contributed by atoms with van der Waals surface area (Å²) in [4.78, 5) is 8.84. The monoisotopic (exact) mass is 264 g/mol. The van der Waals surface area contributed by atoms with E-state index >= 15 is 0 Å². The summed E-state index contributed by atoms with van der Waals surface area (Å²) in [7, 11) is 0. The molecule has 0 fully saturated rings. The van der Waals surface area contributed by atoms with Gasteiger partial charge in [0.25, 0.3) is 0 Å². The van der Waals surface area contributed by atoms with E-state index in [2.05, 4.69) is 37.0 Å². The van der Waals surface area contributed by atoms with Crippen molar-refractivity contribution in [2.75, 3.05) is 0 Å². The lowest BCUT2D eigenvalue weighted by atomic mass is 10.0. The third-order valence-electron chi connectivity index (χ3n) is 3.45. The maximum Gasteiger partial charge on any atom is 0.0892 e. The molecule has 0 radical (unpaired) electrons. The molecule has 2 heterocycles. The van der Waals surface area contributed by atoms with Gasteiger partial charge in [0.2, 0.25) is 0 Å². The molecule has 0 aromatic carbocycles. The first-order valence-corrected chi connectivity index (χ1v) is 6.94. The van der Waals surface area contributed by atoms with Gasteiger partial charge >= 0.3 is 0 Å². The van der Waals surface area contributed by atoms with E-state index in [-0.39, 0.29) is 0 Å². The van der Waals surface area contributed by atoms with Crippen LogP contribution in [0.15, 0.2) is 49.8 Å². The average Bonchev–Trinajstić information content (AvgIpc) is 2.53. The van der Waals surface area contributed by atoms with Crippen LogP contribution in [0.25, 0.3) is 22.5 Å². The van der Waals surface area contributed by atoms with E-state index in [1.54, 1.807) is 0 Å². The van der Waals surface area contributed by atoms with Gasteiger partial charge < -0.3 is 0 Å². The summed E-state index contributed by atoms with van der Waals surface area (Å²) in [6, 6.07) is 8.08. The van der Waals surface area contributed by atoms with Gasteiger partial charge in [0, 0.05) is 12.4 Å². The highest BCUT2D eigenvalue weighted by Crippen LogP contribution is 2.24. The quantitative estimate of drug-likeness (QED) is 0.760. The van der Waals surface area contributed by atoms with Gasteiger partial charge in [-0.25, -0.2) is 0 Å². The minimum atomic E-state index is 0.878. The maximum absolute atomic E-state index is 4.42. The standard InChI is InChI=1S/C18H20N2/c1-5-13(3)15-7-9-19-17(11-15)18-12-16(8-10-20-18)14(4)6-2/h7-12H,3-6H2,1-2H3. The fraction of sp³-hybridized carbons (Fsp3) is 0.222. The first-order valence-electron chi connectivity index (χ1n) is 6.94. The number of rotatable bonds is 5. The average molecular weight is 264 g/mol. The lowest BCUT2D eigenvalue weighted by Crippen LogP contribution is -1.91. The molecule has 2 aromatic heterocycles. The van der Waals surface area contributed by atoms with Crippen LogP contribution in [0, 0.1) is 0 Å². The lowest BCUT2D eigenvalue weighted by molar-refractivity contribution is 1.20. The zero-order valence-electron chi connectivity index (χ0n) is 12.2. The smallest absolute Gasteiger partial charge is 0.0892 e. The maximum atomic E-state index is 4.42. The largest absolute Gasteiger partial charge is 0.255 e. The van der Waals surface area contributed by atoms with Gasteiger partial charge in [-0.15, -0.1) is 0 Å². The summed E-state index contributed by atoms with van der Waals surface area (Å²) < 4.78 is 0. The molecule has 0 saturated carbocycles. The number of pyridine rings is 2. The molecule has 0 aliphatic rings. The van der Waals surface area contributed by atoms with Crippen LogP contribution >= 0.6 is 0 Å². The van der Waals surface area contributed by atoms with Crippen LogP contribution < -0.4 is 0 Å². The topological polar surface area (TPSA) is 25.8 Å². The lowest BCUT2D eigenvalue weighted by Gasteiger charge is -2.07. The van der Waals surface area contributed by atoms with E-state index in [0.717, 1.165) is 46.5 Å². The van der Waals surface area contributed by atoms with Gasteiger partial charge in [0.15, 0.2) is 0 Å². The third-order valence-corrected chi connectivity index (χ3v) is 3.45. The molecule has 2 heteroatoms. The van der Waals surface area contributed by atoms with Crippen molar-refractivity contribution >= 4 is 11.1 Å². The normalized spacial score (nSPS) is 10.3. The molecule has 0 bridgehead atoms. The summed E-state index contributed by atoms with van der Waals surface area (Å²) in [5.74, 6) is 0. The zero-order valence-corrected chi connectivity index (χ0v) is 12.2. The van der Waals surface area contributed by atoms with Crippen molar-refractivity contribution in [1.82, 2.24) is 9.97 Å². The van der Waals surface area contributed by atoms with Gasteiger partial charge in [-0.05, 0) is 59.4 Å². The zero-order chi connectivity index (χ0) is 14.5. The predicted octanol–water partition coefficient (Wildman–Crippen LogP) is 4.99. The van der Waals surface area contributed by atoms with Crippen LogP contribution in [0.4, 0.5) is 0 Å². The number of allylic oxidation sites excluding steroid dienone is 2. The Kier molecular flexibility index (Phi) is 4.46. The molecule has 0 N–H and O–H groups in total. The molecular weight excluding hydrogens is 244 g/mol. The highest BCUT2D eigenvalue weighted by atomic mass is 14.8. The molecule has 0 amide bonds. The van der Waals surface area contributed by atoms with Crippen molar-refractivity contribution in [3.8, 4) is 11.4 Å². The first kappa shape index (κ1) is 14.2. The van der Waals surface area contributed by atoms with E-state index in [0.29, 0.717) is 0 Å². The van der Waals surface area contributed by atoms with Crippen LogP contribution in [0.3, 0.4) is 0 Å². The molecule has 0 aliphatic heterocycles. The van der Waals surface area contributed by atoms with Crippen molar-refractivity contribution in [1.29, 1.82) is 0 Å². The second kappa shape index (κ2) is 6.29. The van der Waals surface area contributed by atoms with E-state index in [1.807, 2.05) is 36.7 Å². The highest BCUT2D eigenvalue weighted by Gasteiger charge is 2.06. The Bertz CT molecular complexity index is 584. The molecule has 2 nitrogen and oxygen atoms in total. The second-order valence-corrected chi connectivity index (χ2v) is 4.77. The molecule has 0 unspecified atom stereocenters. The first-order chi connectivity index (χ1) is 9.65. The van der Waals surface area contributed by atoms with Gasteiger partial charge in [0.1, 0.15) is 0 Å². The third kappa shape index (κ3) is 3.02. The van der Waals surface area contributed by atoms with Crippen molar-refractivity contribution in [3.63, 3.8) is 0 Å². The molecule has 0 aliphatic carbocycles. The Morgan fingerprint density at radius 3 is 1.60 bits per heavy atom. The summed E-state index contributed by atoms with van der Waals surface area (Å²) in [5.41, 5.74) is 6.23. The Morgan fingerprint density at radius 1 is 0.850 bits per heavy atom. The van der Waals surface area contributed by atoms with Gasteiger partial charge in [-0.2, -0.15) is 0 Å². The summed E-state index contributed by atoms with van der Waals surface area (Å²) in [6.07, 6.45) is 5.50. The van der Waals surface area contributed by atoms with Crippen LogP contribution in [-0.2, 0) is 0 Å². The van der Waals surface area contributed by atoms with Crippen LogP contribution in [0.2, 0.25) is 0 Å². The Labute approximate surface area is 120 Å². The van der Waals surface area contributed by atoms with E-state index in [4.69, 9.17) is 0 Å². The van der Waals surface area contributed by atoms with Crippen molar-refractivity contribution < 1.29 is 0 Å². The number of hydrogen-bond acceptors (Lipinski definition) is 2. The predicted molar refractivity (Wildman–Crippen MR) is 86.1 cm³/mol. The van der Waals surface area contributed by atoms with Crippen molar-refractivity contribution in [3.05, 3.63) is 60.9 Å². The summed E-state index contributed by atoms with van der Waals surface area (Å²) in [6.45, 7) is 12.4. The molecule has 102 valence electrons.